The average Bonchev–Trinajstić information content (AvgIpc) is 3.28. The molecule has 0 aliphatic rings. The van der Waals surface area contributed by atoms with Gasteiger partial charge in [0.25, 0.3) is 5.91 Å². The van der Waals surface area contributed by atoms with Gasteiger partial charge in [0.05, 0.1) is 24.1 Å². The van der Waals surface area contributed by atoms with Crippen molar-refractivity contribution in [3.63, 3.8) is 0 Å². The number of carbonyl (C=O) groups excluding carboxylic acids is 2. The second kappa shape index (κ2) is 7.79. The second-order valence-corrected chi connectivity index (χ2v) is 7.19. The number of aromatic nitrogens is 3. The third-order valence-corrected chi connectivity index (χ3v) is 5.15. The van der Waals surface area contributed by atoms with Crippen LogP contribution in [0, 0.1) is 6.92 Å². The van der Waals surface area contributed by atoms with E-state index in [0.29, 0.717) is 11.1 Å². The van der Waals surface area contributed by atoms with Gasteiger partial charge in [-0.15, -0.1) is 5.10 Å². The number of hydrogen-bond donors (Lipinski definition) is 2. The molecule has 150 valence electrons. The third-order valence-electron chi connectivity index (χ3n) is 5.15. The van der Waals surface area contributed by atoms with Gasteiger partial charge in [-0.3, -0.25) is 9.59 Å². The highest BCUT2D eigenvalue weighted by atomic mass is 16.2. The molecule has 0 aliphatic heterocycles. The number of nitrogens with two attached hydrogens (primary N) is 1. The zero-order chi connectivity index (χ0) is 21.3. The number of aryl methyl sites for hydroxylation is 1. The predicted octanol–water partition coefficient (Wildman–Crippen LogP) is 3.32. The largest absolute Gasteiger partial charge is 0.366 e. The first-order chi connectivity index (χ1) is 14.4. The number of benzene rings is 3. The van der Waals surface area contributed by atoms with Crippen LogP contribution in [0.4, 0.5) is 0 Å². The van der Waals surface area contributed by atoms with Gasteiger partial charge in [0, 0.05) is 11.1 Å². The maximum absolute atomic E-state index is 13.0. The Kier molecular flexibility index (Phi) is 5.02. The zero-order valence-corrected chi connectivity index (χ0v) is 16.7. The Balaban J connectivity index is 1.71. The molecular formula is C23H21N5O2. The maximum Gasteiger partial charge on any atom is 0.252 e. The van der Waals surface area contributed by atoms with Gasteiger partial charge in [-0.05, 0) is 60.0 Å². The highest BCUT2D eigenvalue weighted by Gasteiger charge is 2.18. The van der Waals surface area contributed by atoms with E-state index in [0.717, 1.165) is 27.6 Å². The molecule has 3 N–H and O–H groups in total. The van der Waals surface area contributed by atoms with Crippen LogP contribution in [0.5, 0.6) is 0 Å². The molecule has 0 saturated carbocycles. The highest BCUT2D eigenvalue weighted by molar-refractivity contribution is 6.00. The number of rotatable bonds is 5. The lowest BCUT2D eigenvalue weighted by Gasteiger charge is -2.19. The van der Waals surface area contributed by atoms with Crippen LogP contribution in [0.15, 0.2) is 67.0 Å². The fourth-order valence-corrected chi connectivity index (χ4v) is 3.53. The van der Waals surface area contributed by atoms with Gasteiger partial charge >= 0.3 is 0 Å². The molecule has 1 atom stereocenters. The molecule has 7 nitrogen and oxygen atoms in total. The van der Waals surface area contributed by atoms with Gasteiger partial charge in [-0.1, -0.05) is 35.5 Å². The Morgan fingerprint density at radius 1 is 1.10 bits per heavy atom. The summed E-state index contributed by atoms with van der Waals surface area (Å²) in [7, 11) is 0. The van der Waals surface area contributed by atoms with Crippen LogP contribution in [-0.4, -0.2) is 26.8 Å². The molecular weight excluding hydrogens is 378 g/mol. The van der Waals surface area contributed by atoms with E-state index in [1.54, 1.807) is 29.2 Å². The number of nitrogens with zero attached hydrogens (tertiary/aromatic N) is 3. The van der Waals surface area contributed by atoms with Crippen molar-refractivity contribution in [1.82, 2.24) is 20.3 Å². The van der Waals surface area contributed by atoms with Crippen LogP contribution in [0.2, 0.25) is 0 Å². The minimum Gasteiger partial charge on any atom is -0.366 e. The molecule has 0 radical (unpaired) electrons. The van der Waals surface area contributed by atoms with Gasteiger partial charge < -0.3 is 11.1 Å². The molecule has 2 amide bonds. The van der Waals surface area contributed by atoms with Gasteiger partial charge in [0.2, 0.25) is 5.91 Å². The average molecular weight is 399 g/mol. The van der Waals surface area contributed by atoms with Gasteiger partial charge in [-0.25, -0.2) is 4.68 Å². The van der Waals surface area contributed by atoms with Crippen molar-refractivity contribution in [2.45, 2.75) is 19.9 Å². The van der Waals surface area contributed by atoms with Crippen molar-refractivity contribution in [3.05, 3.63) is 89.2 Å². The van der Waals surface area contributed by atoms with Crippen LogP contribution in [0.3, 0.4) is 0 Å². The summed E-state index contributed by atoms with van der Waals surface area (Å²) in [5, 5.41) is 13.1. The molecule has 4 aromatic rings. The van der Waals surface area contributed by atoms with Crippen LogP contribution < -0.4 is 11.1 Å². The van der Waals surface area contributed by atoms with Crippen molar-refractivity contribution in [3.8, 4) is 5.69 Å². The summed E-state index contributed by atoms with van der Waals surface area (Å²) in [6, 6.07) is 16.6. The first-order valence-electron chi connectivity index (χ1n) is 9.55. The Bertz CT molecular complexity index is 1250. The van der Waals surface area contributed by atoms with E-state index in [4.69, 9.17) is 5.73 Å². The summed E-state index contributed by atoms with van der Waals surface area (Å²) in [6.45, 7) is 3.75. The minimum atomic E-state index is -0.566. The van der Waals surface area contributed by atoms with E-state index >= 15 is 0 Å². The number of nitrogens with one attached hydrogen (secondary N) is 1. The quantitative estimate of drug-likeness (QED) is 0.537. The standard InChI is InChI=1S/C23H21N5O2/c1-14-7-8-17(22(24)29)12-20(14)23(30)26-15(2)21-13-18(28-10-9-25-27-28)11-16-5-3-4-6-19(16)21/h3-13,15H,1-2H3,(H2,24,29)(H,26,30). The topological polar surface area (TPSA) is 103 Å². The SMILES string of the molecule is Cc1ccc(C(N)=O)cc1C(=O)NC(C)c1cc(-n2ccnn2)cc2ccccc12. The maximum atomic E-state index is 13.0. The summed E-state index contributed by atoms with van der Waals surface area (Å²) in [5.74, 6) is -0.832. The van der Waals surface area contributed by atoms with E-state index in [1.165, 1.54) is 6.07 Å². The zero-order valence-electron chi connectivity index (χ0n) is 16.7. The first kappa shape index (κ1) is 19.3. The van der Waals surface area contributed by atoms with E-state index in [2.05, 4.69) is 15.6 Å². The third kappa shape index (κ3) is 3.65. The van der Waals surface area contributed by atoms with Crippen molar-refractivity contribution >= 4 is 22.6 Å². The summed E-state index contributed by atoms with van der Waals surface area (Å²) < 4.78 is 1.69. The number of amides is 2. The molecule has 0 fully saturated rings. The summed E-state index contributed by atoms with van der Waals surface area (Å²) >= 11 is 0. The van der Waals surface area contributed by atoms with Crippen LogP contribution in [0.25, 0.3) is 16.5 Å². The highest BCUT2D eigenvalue weighted by Crippen LogP contribution is 2.28. The Morgan fingerprint density at radius 2 is 1.90 bits per heavy atom. The van der Waals surface area contributed by atoms with E-state index < -0.39 is 5.91 Å². The molecule has 0 aliphatic carbocycles. The molecule has 0 saturated heterocycles. The molecule has 1 heterocycles. The smallest absolute Gasteiger partial charge is 0.252 e. The number of fused-ring (bicyclic) bond motifs is 1. The lowest BCUT2D eigenvalue weighted by Crippen LogP contribution is -2.28. The summed E-state index contributed by atoms with van der Waals surface area (Å²) in [6.07, 6.45) is 3.39. The van der Waals surface area contributed by atoms with Crippen molar-refractivity contribution < 1.29 is 9.59 Å². The van der Waals surface area contributed by atoms with Crippen LogP contribution in [-0.2, 0) is 0 Å². The Labute approximate surface area is 173 Å². The molecule has 4 rings (SSSR count). The predicted molar refractivity (Wildman–Crippen MR) is 114 cm³/mol. The normalized spacial score (nSPS) is 11.9. The number of carbonyl (C=O) groups is 2. The van der Waals surface area contributed by atoms with Crippen molar-refractivity contribution in [1.29, 1.82) is 0 Å². The molecule has 30 heavy (non-hydrogen) atoms. The summed E-state index contributed by atoms with van der Waals surface area (Å²) in [5.41, 5.74) is 8.67. The lowest BCUT2D eigenvalue weighted by molar-refractivity contribution is 0.0939. The molecule has 7 heteroatoms. The van der Waals surface area contributed by atoms with Crippen molar-refractivity contribution in [2.75, 3.05) is 0 Å². The first-order valence-corrected chi connectivity index (χ1v) is 9.55. The Morgan fingerprint density at radius 3 is 2.63 bits per heavy atom. The van der Waals surface area contributed by atoms with E-state index in [1.807, 2.05) is 50.2 Å². The second-order valence-electron chi connectivity index (χ2n) is 7.19. The van der Waals surface area contributed by atoms with Gasteiger partial charge in [-0.2, -0.15) is 0 Å². The van der Waals surface area contributed by atoms with Gasteiger partial charge in [0.15, 0.2) is 0 Å². The molecule has 0 bridgehead atoms. The molecule has 1 aromatic heterocycles. The molecule has 3 aromatic carbocycles. The monoisotopic (exact) mass is 399 g/mol. The van der Waals surface area contributed by atoms with Gasteiger partial charge in [0.1, 0.15) is 0 Å². The van der Waals surface area contributed by atoms with E-state index in [-0.39, 0.29) is 11.9 Å². The van der Waals surface area contributed by atoms with Crippen LogP contribution >= 0.6 is 0 Å². The molecule has 0 spiro atoms. The fourth-order valence-electron chi connectivity index (χ4n) is 3.53. The molecule has 1 unspecified atom stereocenters. The number of primary amides is 1. The lowest BCUT2D eigenvalue weighted by atomic mass is 9.97. The van der Waals surface area contributed by atoms with Crippen molar-refractivity contribution in [2.24, 2.45) is 5.73 Å². The van der Waals surface area contributed by atoms with Crippen LogP contribution in [0.1, 0.15) is 44.8 Å². The van der Waals surface area contributed by atoms with E-state index in [9.17, 15) is 9.59 Å². The summed E-state index contributed by atoms with van der Waals surface area (Å²) in [4.78, 5) is 24.5. The minimum absolute atomic E-state index is 0.265. The number of hydrogen-bond acceptors (Lipinski definition) is 4. The fraction of sp³-hybridized carbons (Fsp3) is 0.130. The Hall–Kier alpha value is -4.00.